The van der Waals surface area contributed by atoms with Crippen molar-refractivity contribution in [1.82, 2.24) is 4.98 Å². The lowest BCUT2D eigenvalue weighted by molar-refractivity contribution is 0.147. The van der Waals surface area contributed by atoms with Crippen LogP contribution in [0.1, 0.15) is 23.4 Å². The molecule has 3 nitrogen and oxygen atoms in total. The van der Waals surface area contributed by atoms with Crippen LogP contribution in [0, 0.1) is 11.3 Å². The summed E-state index contributed by atoms with van der Waals surface area (Å²) in [6, 6.07) is 2.53. The van der Waals surface area contributed by atoms with Gasteiger partial charge < -0.3 is 5.11 Å². The van der Waals surface area contributed by atoms with Crippen molar-refractivity contribution in [2.75, 3.05) is 0 Å². The number of hydrogen-bond donors (Lipinski definition) is 1. The molecule has 0 aliphatic heterocycles. The van der Waals surface area contributed by atoms with Gasteiger partial charge in [-0.05, 0) is 6.07 Å². The molecule has 1 rings (SSSR count). The standard InChI is InChI=1S/C8H5BrF2N2O/c9-2-6-7(14)5(8(10)11)1-4(3-12)13-6/h1,8,14H,2H2. The van der Waals surface area contributed by atoms with Crippen LogP contribution in [0.15, 0.2) is 6.07 Å². The maximum Gasteiger partial charge on any atom is 0.267 e. The Hall–Kier alpha value is -1.22. The van der Waals surface area contributed by atoms with E-state index in [9.17, 15) is 13.9 Å². The molecule has 0 radical (unpaired) electrons. The van der Waals surface area contributed by atoms with Crippen LogP contribution >= 0.6 is 15.9 Å². The number of nitrogens with zero attached hydrogens (tertiary/aromatic N) is 2. The van der Waals surface area contributed by atoms with E-state index >= 15 is 0 Å². The van der Waals surface area contributed by atoms with Crippen molar-refractivity contribution in [2.24, 2.45) is 0 Å². The first-order valence-electron chi connectivity index (χ1n) is 3.57. The van der Waals surface area contributed by atoms with Gasteiger partial charge in [-0.3, -0.25) is 0 Å². The first-order chi connectivity index (χ1) is 6.60. The molecule has 0 saturated carbocycles. The summed E-state index contributed by atoms with van der Waals surface area (Å²) in [5, 5.41) is 17.9. The summed E-state index contributed by atoms with van der Waals surface area (Å²) in [7, 11) is 0. The predicted octanol–water partition coefficient (Wildman–Crippen LogP) is 2.49. The second-order valence-corrected chi connectivity index (χ2v) is 3.00. The van der Waals surface area contributed by atoms with E-state index in [1.807, 2.05) is 0 Å². The van der Waals surface area contributed by atoms with Crippen molar-refractivity contribution in [3.8, 4) is 11.8 Å². The molecule has 1 aromatic heterocycles. The third-order valence-corrected chi connectivity index (χ3v) is 2.10. The van der Waals surface area contributed by atoms with Gasteiger partial charge in [0.25, 0.3) is 6.43 Å². The van der Waals surface area contributed by atoms with Crippen molar-refractivity contribution in [3.05, 3.63) is 23.0 Å². The highest BCUT2D eigenvalue weighted by atomic mass is 79.9. The molecule has 1 N–H and O–H groups in total. The van der Waals surface area contributed by atoms with Crippen LogP contribution in [0.2, 0.25) is 0 Å². The average molecular weight is 263 g/mol. The van der Waals surface area contributed by atoms with E-state index < -0.39 is 17.7 Å². The highest BCUT2D eigenvalue weighted by molar-refractivity contribution is 9.08. The molecule has 0 aliphatic rings. The predicted molar refractivity (Wildman–Crippen MR) is 48.2 cm³/mol. The molecule has 0 amide bonds. The van der Waals surface area contributed by atoms with Crippen LogP contribution in [0.5, 0.6) is 5.75 Å². The molecule has 0 fully saturated rings. The quantitative estimate of drug-likeness (QED) is 0.834. The van der Waals surface area contributed by atoms with Gasteiger partial charge in [-0.25, -0.2) is 13.8 Å². The fraction of sp³-hybridized carbons (Fsp3) is 0.250. The van der Waals surface area contributed by atoms with Gasteiger partial charge in [-0.1, -0.05) is 15.9 Å². The van der Waals surface area contributed by atoms with Crippen LogP contribution < -0.4 is 0 Å². The Morgan fingerprint density at radius 1 is 1.64 bits per heavy atom. The molecule has 0 aliphatic carbocycles. The van der Waals surface area contributed by atoms with Gasteiger partial charge >= 0.3 is 0 Å². The van der Waals surface area contributed by atoms with Crippen LogP contribution in [-0.4, -0.2) is 10.1 Å². The number of alkyl halides is 3. The lowest BCUT2D eigenvalue weighted by Gasteiger charge is -2.06. The number of hydrogen-bond acceptors (Lipinski definition) is 3. The molecule has 0 unspecified atom stereocenters. The maximum atomic E-state index is 12.3. The zero-order chi connectivity index (χ0) is 10.7. The summed E-state index contributed by atoms with van der Waals surface area (Å²) in [5.41, 5.74) is -0.655. The van der Waals surface area contributed by atoms with E-state index in [0.29, 0.717) is 0 Å². The van der Waals surface area contributed by atoms with Gasteiger partial charge in [0.1, 0.15) is 17.5 Å². The van der Waals surface area contributed by atoms with E-state index in [1.54, 1.807) is 6.07 Å². The highest BCUT2D eigenvalue weighted by Gasteiger charge is 2.18. The molecule has 74 valence electrons. The second-order valence-electron chi connectivity index (χ2n) is 2.44. The number of pyridine rings is 1. The minimum absolute atomic E-state index is 0.0411. The van der Waals surface area contributed by atoms with Gasteiger partial charge in [0, 0.05) is 5.33 Å². The van der Waals surface area contributed by atoms with Gasteiger partial charge in [-0.2, -0.15) is 5.26 Å². The Kier molecular flexibility index (Phi) is 3.36. The monoisotopic (exact) mass is 262 g/mol. The minimum atomic E-state index is -2.82. The van der Waals surface area contributed by atoms with E-state index in [0.717, 1.165) is 6.07 Å². The first-order valence-corrected chi connectivity index (χ1v) is 4.69. The summed E-state index contributed by atoms with van der Waals surface area (Å²) in [4.78, 5) is 3.66. The Morgan fingerprint density at radius 3 is 2.71 bits per heavy atom. The number of aromatic hydroxyl groups is 1. The average Bonchev–Trinajstić information content (AvgIpc) is 2.17. The maximum absolute atomic E-state index is 12.3. The third kappa shape index (κ3) is 1.99. The molecule has 0 saturated heterocycles. The molecule has 0 aromatic carbocycles. The summed E-state index contributed by atoms with van der Waals surface area (Å²) in [6.07, 6.45) is -2.82. The number of rotatable bonds is 2. The van der Waals surface area contributed by atoms with Crippen LogP contribution in [-0.2, 0) is 5.33 Å². The molecule has 1 heterocycles. The van der Waals surface area contributed by atoms with Crippen LogP contribution in [0.4, 0.5) is 8.78 Å². The van der Waals surface area contributed by atoms with Gasteiger partial charge in [-0.15, -0.1) is 0 Å². The molecular formula is C8H5BrF2N2O. The van der Waals surface area contributed by atoms with Gasteiger partial charge in [0.15, 0.2) is 0 Å². The molecule has 1 aromatic rings. The molecule has 14 heavy (non-hydrogen) atoms. The molecule has 6 heteroatoms. The zero-order valence-electron chi connectivity index (χ0n) is 6.84. The van der Waals surface area contributed by atoms with E-state index in [4.69, 9.17) is 5.26 Å². The summed E-state index contributed by atoms with van der Waals surface area (Å²) >= 11 is 2.98. The SMILES string of the molecule is N#Cc1cc(C(F)F)c(O)c(CBr)n1. The van der Waals surface area contributed by atoms with Gasteiger partial charge in [0.2, 0.25) is 0 Å². The number of halogens is 3. The van der Waals surface area contributed by atoms with E-state index in [-0.39, 0.29) is 16.7 Å². The second kappa shape index (κ2) is 4.33. The molecule has 0 spiro atoms. The van der Waals surface area contributed by atoms with Crippen molar-refractivity contribution >= 4 is 15.9 Å². The third-order valence-electron chi connectivity index (χ3n) is 1.57. The molecule has 0 atom stereocenters. The number of aromatic nitrogens is 1. The normalized spacial score (nSPS) is 10.2. The lowest BCUT2D eigenvalue weighted by atomic mass is 10.2. The minimum Gasteiger partial charge on any atom is -0.505 e. The first kappa shape index (κ1) is 10.9. The lowest BCUT2D eigenvalue weighted by Crippen LogP contribution is -1.96. The summed E-state index contributed by atoms with van der Waals surface area (Å²) in [5.74, 6) is -0.559. The fourth-order valence-corrected chi connectivity index (χ4v) is 1.32. The van der Waals surface area contributed by atoms with Crippen LogP contribution in [0.25, 0.3) is 0 Å². The summed E-state index contributed by atoms with van der Waals surface area (Å²) < 4.78 is 24.7. The zero-order valence-corrected chi connectivity index (χ0v) is 8.42. The highest BCUT2D eigenvalue weighted by Crippen LogP contribution is 2.31. The number of nitriles is 1. The van der Waals surface area contributed by atoms with Gasteiger partial charge in [0.05, 0.1) is 11.3 Å². The van der Waals surface area contributed by atoms with E-state index in [2.05, 4.69) is 20.9 Å². The van der Waals surface area contributed by atoms with Crippen molar-refractivity contribution in [2.45, 2.75) is 11.8 Å². The molecule has 0 bridgehead atoms. The molecular weight excluding hydrogens is 258 g/mol. The Bertz CT molecular complexity index is 390. The Morgan fingerprint density at radius 2 is 2.29 bits per heavy atom. The largest absolute Gasteiger partial charge is 0.505 e. The van der Waals surface area contributed by atoms with Crippen molar-refractivity contribution < 1.29 is 13.9 Å². The topological polar surface area (TPSA) is 56.9 Å². The Balaban J connectivity index is 3.36. The van der Waals surface area contributed by atoms with E-state index in [1.165, 1.54) is 0 Å². The van der Waals surface area contributed by atoms with Crippen molar-refractivity contribution in [3.63, 3.8) is 0 Å². The summed E-state index contributed by atoms with van der Waals surface area (Å²) in [6.45, 7) is 0. The van der Waals surface area contributed by atoms with Crippen molar-refractivity contribution in [1.29, 1.82) is 5.26 Å². The Labute approximate surface area is 87.1 Å². The van der Waals surface area contributed by atoms with Crippen LogP contribution in [0.3, 0.4) is 0 Å². The smallest absolute Gasteiger partial charge is 0.267 e. The fourth-order valence-electron chi connectivity index (χ4n) is 0.930.